The predicted octanol–water partition coefficient (Wildman–Crippen LogP) is 2.23. The van der Waals surface area contributed by atoms with E-state index >= 15 is 0 Å². The van der Waals surface area contributed by atoms with Crippen molar-refractivity contribution in [3.63, 3.8) is 0 Å². The second-order valence-corrected chi connectivity index (χ2v) is 6.54. The molecule has 22 heavy (non-hydrogen) atoms. The number of amides is 1. The van der Waals surface area contributed by atoms with E-state index in [1.165, 1.54) is 0 Å². The molecular formula is C14H24ClF3N2O2. The maximum Gasteiger partial charge on any atom is 0.419 e. The van der Waals surface area contributed by atoms with Crippen LogP contribution in [-0.2, 0) is 4.79 Å². The first-order chi connectivity index (χ1) is 9.71. The van der Waals surface area contributed by atoms with Crippen LogP contribution in [0.4, 0.5) is 13.2 Å². The summed E-state index contributed by atoms with van der Waals surface area (Å²) < 4.78 is 38.3. The van der Waals surface area contributed by atoms with E-state index in [4.69, 9.17) is 5.73 Å². The average molecular weight is 345 g/mol. The molecular weight excluding hydrogens is 321 g/mol. The number of likely N-dealkylation sites (tertiary alicyclic amines) is 1. The Kier molecular flexibility index (Phi) is 6.14. The number of carbonyl (C=O) groups excluding carboxylic acids is 1. The Hall–Kier alpha value is -0.530. The third-order valence-corrected chi connectivity index (χ3v) is 5.00. The molecule has 0 aromatic carbocycles. The molecule has 1 heterocycles. The van der Waals surface area contributed by atoms with E-state index in [1.807, 2.05) is 0 Å². The Balaban J connectivity index is 0.00000242. The van der Waals surface area contributed by atoms with Gasteiger partial charge in [-0.3, -0.25) is 4.79 Å². The monoisotopic (exact) mass is 344 g/mol. The minimum Gasteiger partial charge on any atom is -0.379 e. The molecule has 1 unspecified atom stereocenters. The molecule has 0 aromatic rings. The van der Waals surface area contributed by atoms with Crippen molar-refractivity contribution in [2.24, 2.45) is 11.1 Å². The van der Waals surface area contributed by atoms with Crippen LogP contribution in [0.1, 0.15) is 44.9 Å². The van der Waals surface area contributed by atoms with Gasteiger partial charge in [-0.15, -0.1) is 12.4 Å². The van der Waals surface area contributed by atoms with Crippen LogP contribution in [0.15, 0.2) is 0 Å². The topological polar surface area (TPSA) is 66.6 Å². The summed E-state index contributed by atoms with van der Waals surface area (Å²) in [5.74, 6) is -0.317. The first-order valence-corrected chi connectivity index (χ1v) is 7.48. The molecule has 1 atom stereocenters. The van der Waals surface area contributed by atoms with Gasteiger partial charge in [-0.05, 0) is 24.8 Å². The van der Waals surface area contributed by atoms with Crippen LogP contribution >= 0.6 is 12.4 Å². The van der Waals surface area contributed by atoms with Crippen LogP contribution < -0.4 is 5.73 Å². The van der Waals surface area contributed by atoms with Crippen LogP contribution in [0.2, 0.25) is 0 Å². The molecule has 0 radical (unpaired) electrons. The normalized spacial score (nSPS) is 28.3. The molecule has 1 aliphatic heterocycles. The van der Waals surface area contributed by atoms with Crippen molar-refractivity contribution in [1.29, 1.82) is 0 Å². The number of aliphatic hydroxyl groups is 1. The first kappa shape index (κ1) is 19.5. The maximum absolute atomic E-state index is 12.8. The van der Waals surface area contributed by atoms with Crippen LogP contribution in [-0.4, -0.2) is 47.3 Å². The number of carbonyl (C=O) groups is 1. The smallest absolute Gasteiger partial charge is 0.379 e. The highest BCUT2D eigenvalue weighted by Gasteiger charge is 2.58. The number of alkyl halides is 3. The van der Waals surface area contributed by atoms with E-state index in [-0.39, 0.29) is 36.7 Å². The number of hydrogen-bond donors (Lipinski definition) is 2. The van der Waals surface area contributed by atoms with Crippen molar-refractivity contribution in [2.75, 3.05) is 19.6 Å². The zero-order valence-corrected chi connectivity index (χ0v) is 13.3. The van der Waals surface area contributed by atoms with E-state index < -0.39 is 24.7 Å². The summed E-state index contributed by atoms with van der Waals surface area (Å²) in [6.07, 6.45) is -0.103. The Morgan fingerprint density at radius 2 is 1.77 bits per heavy atom. The highest BCUT2D eigenvalue weighted by Crippen LogP contribution is 2.41. The van der Waals surface area contributed by atoms with Gasteiger partial charge < -0.3 is 15.7 Å². The van der Waals surface area contributed by atoms with Gasteiger partial charge in [0.15, 0.2) is 5.60 Å². The molecule has 130 valence electrons. The van der Waals surface area contributed by atoms with E-state index in [1.54, 1.807) is 0 Å². The zero-order valence-electron chi connectivity index (χ0n) is 12.5. The van der Waals surface area contributed by atoms with E-state index in [2.05, 4.69) is 0 Å². The summed E-state index contributed by atoms with van der Waals surface area (Å²) >= 11 is 0. The molecule has 3 N–H and O–H groups in total. The Morgan fingerprint density at radius 1 is 1.18 bits per heavy atom. The lowest BCUT2D eigenvalue weighted by Gasteiger charge is -2.37. The molecule has 1 saturated heterocycles. The van der Waals surface area contributed by atoms with Gasteiger partial charge >= 0.3 is 6.18 Å². The fourth-order valence-electron chi connectivity index (χ4n) is 3.43. The number of nitrogens with zero attached hydrogens (tertiary/aromatic N) is 1. The molecule has 2 rings (SSSR count). The maximum atomic E-state index is 12.8. The van der Waals surface area contributed by atoms with Gasteiger partial charge in [-0.2, -0.15) is 13.2 Å². The summed E-state index contributed by atoms with van der Waals surface area (Å²) in [6.45, 7) is -0.318. The molecule has 2 aliphatic rings. The van der Waals surface area contributed by atoms with E-state index in [0.29, 0.717) is 6.54 Å². The van der Waals surface area contributed by atoms with Gasteiger partial charge in [-0.1, -0.05) is 19.3 Å². The van der Waals surface area contributed by atoms with Gasteiger partial charge in [0.1, 0.15) is 0 Å². The standard InChI is InChI=1S/C14H23F3N2O2.ClH/c15-14(16,17)13(21)6-7-19(10-13)11(20)8-12(9-18)4-2-1-3-5-12;/h21H,1-10,18H2;1H. The molecule has 0 bridgehead atoms. The predicted molar refractivity (Wildman–Crippen MR) is 78.6 cm³/mol. The van der Waals surface area contributed by atoms with Crippen molar-refractivity contribution in [3.8, 4) is 0 Å². The average Bonchev–Trinajstić information content (AvgIpc) is 2.83. The largest absolute Gasteiger partial charge is 0.419 e. The number of hydrogen-bond acceptors (Lipinski definition) is 3. The molecule has 2 fully saturated rings. The van der Waals surface area contributed by atoms with Gasteiger partial charge in [0, 0.05) is 19.4 Å². The summed E-state index contributed by atoms with van der Waals surface area (Å²) in [7, 11) is 0. The van der Waals surface area contributed by atoms with Crippen LogP contribution in [0.5, 0.6) is 0 Å². The number of nitrogens with two attached hydrogens (primary N) is 1. The van der Waals surface area contributed by atoms with E-state index in [9.17, 15) is 23.1 Å². The first-order valence-electron chi connectivity index (χ1n) is 7.48. The van der Waals surface area contributed by atoms with Gasteiger partial charge in [-0.25, -0.2) is 0 Å². The highest BCUT2D eigenvalue weighted by atomic mass is 35.5. The number of halogens is 4. The Bertz CT molecular complexity index is 400. The van der Waals surface area contributed by atoms with Crippen LogP contribution in [0, 0.1) is 5.41 Å². The summed E-state index contributed by atoms with van der Waals surface area (Å²) in [5, 5.41) is 9.63. The number of rotatable bonds is 3. The molecule has 8 heteroatoms. The van der Waals surface area contributed by atoms with Crippen molar-refractivity contribution >= 4 is 18.3 Å². The molecule has 4 nitrogen and oxygen atoms in total. The number of β-amino-alcohol motifs (C(OH)–C–C–N with tert-alkyl or cyclic N) is 1. The SMILES string of the molecule is Cl.NCC1(CC(=O)N2CCC(O)(C(F)(F)F)C2)CCCCC1. The van der Waals surface area contributed by atoms with Crippen molar-refractivity contribution in [3.05, 3.63) is 0 Å². The summed E-state index contributed by atoms with van der Waals surface area (Å²) in [4.78, 5) is 13.4. The van der Waals surface area contributed by atoms with Crippen LogP contribution in [0.25, 0.3) is 0 Å². The lowest BCUT2D eigenvalue weighted by molar-refractivity contribution is -0.253. The lowest BCUT2D eigenvalue weighted by atomic mass is 9.71. The molecule has 1 saturated carbocycles. The van der Waals surface area contributed by atoms with Crippen molar-refractivity contribution in [1.82, 2.24) is 4.90 Å². The third kappa shape index (κ3) is 3.86. The molecule has 0 spiro atoms. The summed E-state index contributed by atoms with van der Waals surface area (Å²) in [5.41, 5.74) is 2.78. The molecule has 1 amide bonds. The minimum absolute atomic E-state index is 0. The quantitative estimate of drug-likeness (QED) is 0.825. The molecule has 1 aliphatic carbocycles. The second kappa shape index (κ2) is 6.93. The molecule has 0 aromatic heterocycles. The van der Waals surface area contributed by atoms with Crippen LogP contribution in [0.3, 0.4) is 0 Å². The second-order valence-electron chi connectivity index (χ2n) is 6.54. The fraction of sp³-hybridized carbons (Fsp3) is 0.929. The van der Waals surface area contributed by atoms with E-state index in [0.717, 1.165) is 37.0 Å². The van der Waals surface area contributed by atoms with Gasteiger partial charge in [0.25, 0.3) is 0 Å². The fourth-order valence-corrected chi connectivity index (χ4v) is 3.43. The highest BCUT2D eigenvalue weighted by molar-refractivity contribution is 5.85. The van der Waals surface area contributed by atoms with Gasteiger partial charge in [0.05, 0.1) is 6.54 Å². The Labute approximate surface area is 134 Å². The minimum atomic E-state index is -4.70. The third-order valence-electron chi connectivity index (χ3n) is 5.00. The lowest BCUT2D eigenvalue weighted by Crippen LogP contribution is -2.48. The van der Waals surface area contributed by atoms with Crippen molar-refractivity contribution in [2.45, 2.75) is 56.7 Å². The zero-order chi connectivity index (χ0) is 15.7. The Morgan fingerprint density at radius 3 is 2.23 bits per heavy atom. The van der Waals surface area contributed by atoms with Crippen molar-refractivity contribution < 1.29 is 23.1 Å². The van der Waals surface area contributed by atoms with Gasteiger partial charge in [0.2, 0.25) is 5.91 Å². The summed E-state index contributed by atoms with van der Waals surface area (Å²) in [6, 6.07) is 0.